The highest BCUT2D eigenvalue weighted by Crippen LogP contribution is 2.22. The van der Waals surface area contributed by atoms with Gasteiger partial charge in [-0.2, -0.15) is 5.10 Å². The molecule has 0 aliphatic carbocycles. The maximum absolute atomic E-state index is 9.57. The molecule has 13 heavy (non-hydrogen) atoms. The van der Waals surface area contributed by atoms with Gasteiger partial charge in [0.25, 0.3) is 0 Å². The second-order valence-electron chi connectivity index (χ2n) is 2.85. The molecule has 0 radical (unpaired) electrons. The van der Waals surface area contributed by atoms with E-state index in [0.717, 1.165) is 16.5 Å². The Labute approximate surface area is 80.3 Å². The van der Waals surface area contributed by atoms with Crippen LogP contribution in [0.5, 0.6) is 0 Å². The van der Waals surface area contributed by atoms with Gasteiger partial charge in [-0.3, -0.25) is 5.10 Å². The number of hydrogen-bond donors (Lipinski definition) is 2. The minimum Gasteiger partial charge on any atom is -0.387 e. The van der Waals surface area contributed by atoms with E-state index in [9.17, 15) is 5.11 Å². The smallest absolute Gasteiger partial charge is 0.0946 e. The summed E-state index contributed by atoms with van der Waals surface area (Å²) in [6, 6.07) is 5.65. The van der Waals surface area contributed by atoms with Gasteiger partial charge in [-0.05, 0) is 0 Å². The van der Waals surface area contributed by atoms with Crippen molar-refractivity contribution in [2.24, 2.45) is 0 Å². The molecule has 0 spiro atoms. The van der Waals surface area contributed by atoms with Crippen LogP contribution in [0.25, 0.3) is 10.9 Å². The third-order valence-electron chi connectivity index (χ3n) is 2.01. The van der Waals surface area contributed by atoms with Crippen LogP contribution in [0.3, 0.4) is 0 Å². The molecule has 1 aromatic carbocycles. The summed E-state index contributed by atoms with van der Waals surface area (Å²) < 4.78 is 0. The first-order valence-electron chi connectivity index (χ1n) is 3.99. The number of aromatic nitrogens is 2. The van der Waals surface area contributed by atoms with E-state index in [-0.39, 0.29) is 5.88 Å². The predicted octanol–water partition coefficient (Wildman–Crippen LogP) is 1.84. The lowest BCUT2D eigenvalue weighted by Gasteiger charge is -2.07. The van der Waals surface area contributed by atoms with E-state index in [2.05, 4.69) is 10.2 Å². The van der Waals surface area contributed by atoms with Crippen molar-refractivity contribution >= 4 is 22.5 Å². The largest absolute Gasteiger partial charge is 0.387 e. The number of aliphatic hydroxyl groups is 1. The normalized spacial score (nSPS) is 13.4. The lowest BCUT2D eigenvalue weighted by molar-refractivity contribution is 0.204. The van der Waals surface area contributed by atoms with E-state index >= 15 is 0 Å². The number of nitrogens with zero attached hydrogens (tertiary/aromatic N) is 1. The van der Waals surface area contributed by atoms with Crippen molar-refractivity contribution in [2.75, 3.05) is 5.88 Å². The van der Waals surface area contributed by atoms with Crippen LogP contribution < -0.4 is 0 Å². The number of nitrogens with one attached hydrogen (secondary N) is 1. The summed E-state index contributed by atoms with van der Waals surface area (Å²) in [7, 11) is 0. The first kappa shape index (κ1) is 8.53. The van der Waals surface area contributed by atoms with Crippen LogP contribution in [0.1, 0.15) is 11.7 Å². The molecule has 0 bridgehead atoms. The van der Waals surface area contributed by atoms with Crippen molar-refractivity contribution in [1.82, 2.24) is 10.2 Å². The van der Waals surface area contributed by atoms with Crippen molar-refractivity contribution in [2.45, 2.75) is 6.10 Å². The fourth-order valence-electron chi connectivity index (χ4n) is 1.35. The fourth-order valence-corrected chi connectivity index (χ4v) is 1.52. The summed E-state index contributed by atoms with van der Waals surface area (Å²) in [6.07, 6.45) is 1.09. The average molecular weight is 197 g/mol. The standard InChI is InChI=1S/C9H9ClN2O/c10-4-8(13)7-3-1-2-6-5-11-12-9(6)7/h1-3,5,8,13H,4H2,(H,11,12). The Morgan fingerprint density at radius 2 is 2.38 bits per heavy atom. The minimum atomic E-state index is -0.634. The van der Waals surface area contributed by atoms with Crippen molar-refractivity contribution in [1.29, 1.82) is 0 Å². The molecule has 0 saturated carbocycles. The quantitative estimate of drug-likeness (QED) is 0.720. The maximum Gasteiger partial charge on any atom is 0.0946 e. The van der Waals surface area contributed by atoms with Gasteiger partial charge in [0.2, 0.25) is 0 Å². The van der Waals surface area contributed by atoms with Gasteiger partial charge in [0, 0.05) is 10.9 Å². The molecule has 1 heterocycles. The van der Waals surface area contributed by atoms with Crippen molar-refractivity contribution in [3.8, 4) is 0 Å². The summed E-state index contributed by atoms with van der Waals surface area (Å²) in [5.74, 6) is 0.193. The molecule has 3 nitrogen and oxygen atoms in total. The van der Waals surface area contributed by atoms with Gasteiger partial charge < -0.3 is 5.11 Å². The highest BCUT2D eigenvalue weighted by atomic mass is 35.5. The van der Waals surface area contributed by atoms with Crippen LogP contribution in [0, 0.1) is 0 Å². The number of rotatable bonds is 2. The van der Waals surface area contributed by atoms with E-state index < -0.39 is 6.10 Å². The molecule has 1 aromatic heterocycles. The topological polar surface area (TPSA) is 48.9 Å². The monoisotopic (exact) mass is 196 g/mol. The first-order chi connectivity index (χ1) is 6.33. The zero-order chi connectivity index (χ0) is 9.26. The summed E-state index contributed by atoms with van der Waals surface area (Å²) in [5, 5.41) is 17.3. The molecule has 2 rings (SSSR count). The van der Waals surface area contributed by atoms with Crippen LogP contribution in [0.4, 0.5) is 0 Å². The maximum atomic E-state index is 9.57. The van der Waals surface area contributed by atoms with Crippen LogP contribution in [0.2, 0.25) is 0 Å². The summed E-state index contributed by atoms with van der Waals surface area (Å²) >= 11 is 5.57. The number of halogens is 1. The molecular weight excluding hydrogens is 188 g/mol. The Balaban J connectivity index is 2.60. The third kappa shape index (κ3) is 1.41. The lowest BCUT2D eigenvalue weighted by Crippen LogP contribution is -1.99. The molecule has 0 aliphatic heterocycles. The van der Waals surface area contributed by atoms with Gasteiger partial charge in [-0.1, -0.05) is 18.2 Å². The Hall–Kier alpha value is -1.06. The second-order valence-corrected chi connectivity index (χ2v) is 3.16. The molecule has 2 aromatic rings. The second kappa shape index (κ2) is 3.36. The van der Waals surface area contributed by atoms with Crippen LogP contribution in [0.15, 0.2) is 24.4 Å². The number of para-hydroxylation sites is 1. The van der Waals surface area contributed by atoms with Gasteiger partial charge in [0.05, 0.1) is 23.7 Å². The zero-order valence-electron chi connectivity index (χ0n) is 6.87. The fraction of sp³-hybridized carbons (Fsp3) is 0.222. The van der Waals surface area contributed by atoms with E-state index in [4.69, 9.17) is 11.6 Å². The minimum absolute atomic E-state index is 0.193. The first-order valence-corrected chi connectivity index (χ1v) is 4.52. The SMILES string of the molecule is OC(CCl)c1cccc2cn[nH]c12. The van der Waals surface area contributed by atoms with Crippen LogP contribution in [-0.4, -0.2) is 21.2 Å². The highest BCUT2D eigenvalue weighted by Gasteiger charge is 2.10. The van der Waals surface area contributed by atoms with Gasteiger partial charge in [-0.15, -0.1) is 11.6 Å². The summed E-state index contributed by atoms with van der Waals surface area (Å²) in [4.78, 5) is 0. The lowest BCUT2D eigenvalue weighted by atomic mass is 10.1. The third-order valence-corrected chi connectivity index (χ3v) is 2.31. The van der Waals surface area contributed by atoms with Crippen LogP contribution in [-0.2, 0) is 0 Å². The van der Waals surface area contributed by atoms with Gasteiger partial charge in [0.1, 0.15) is 0 Å². The molecule has 0 amide bonds. The predicted molar refractivity (Wildman–Crippen MR) is 51.8 cm³/mol. The zero-order valence-corrected chi connectivity index (χ0v) is 7.62. The number of hydrogen-bond acceptors (Lipinski definition) is 2. The molecule has 0 saturated heterocycles. The highest BCUT2D eigenvalue weighted by molar-refractivity contribution is 6.18. The Kier molecular flexibility index (Phi) is 2.20. The van der Waals surface area contributed by atoms with Gasteiger partial charge >= 0.3 is 0 Å². The summed E-state index contributed by atoms with van der Waals surface area (Å²) in [6.45, 7) is 0. The molecule has 1 unspecified atom stereocenters. The molecule has 4 heteroatoms. The number of benzene rings is 1. The molecule has 2 N–H and O–H groups in total. The number of aliphatic hydroxyl groups excluding tert-OH is 1. The average Bonchev–Trinajstić information content (AvgIpc) is 2.63. The Bertz CT molecular complexity index is 413. The van der Waals surface area contributed by atoms with E-state index in [0.29, 0.717) is 0 Å². The van der Waals surface area contributed by atoms with E-state index in [1.54, 1.807) is 6.20 Å². The van der Waals surface area contributed by atoms with E-state index in [1.807, 2.05) is 18.2 Å². The molecule has 0 aliphatic rings. The van der Waals surface area contributed by atoms with Crippen molar-refractivity contribution < 1.29 is 5.11 Å². The van der Waals surface area contributed by atoms with E-state index in [1.165, 1.54) is 0 Å². The summed E-state index contributed by atoms with van der Waals surface area (Å²) in [5.41, 5.74) is 1.65. The van der Waals surface area contributed by atoms with Crippen LogP contribution >= 0.6 is 11.6 Å². The Morgan fingerprint density at radius 1 is 1.54 bits per heavy atom. The van der Waals surface area contributed by atoms with Gasteiger partial charge in [-0.25, -0.2) is 0 Å². The van der Waals surface area contributed by atoms with Crippen molar-refractivity contribution in [3.05, 3.63) is 30.0 Å². The number of fused-ring (bicyclic) bond motifs is 1. The molecule has 1 atom stereocenters. The Morgan fingerprint density at radius 3 is 3.15 bits per heavy atom. The number of H-pyrrole nitrogens is 1. The molecular formula is C9H9ClN2O. The van der Waals surface area contributed by atoms with Crippen molar-refractivity contribution in [3.63, 3.8) is 0 Å². The molecule has 0 fully saturated rings. The number of alkyl halides is 1. The molecule has 68 valence electrons. The number of aromatic amines is 1. The van der Waals surface area contributed by atoms with Gasteiger partial charge in [0.15, 0.2) is 0 Å².